The van der Waals surface area contributed by atoms with Gasteiger partial charge in [-0.05, 0) is 39.8 Å². The Morgan fingerprint density at radius 3 is 2.50 bits per heavy atom. The first-order chi connectivity index (χ1) is 12.4. The van der Waals surface area contributed by atoms with Gasteiger partial charge in [-0.2, -0.15) is 5.10 Å². The van der Waals surface area contributed by atoms with Gasteiger partial charge in [0, 0.05) is 50.2 Å². The Morgan fingerprint density at radius 1 is 1.23 bits per heavy atom. The number of benzene rings is 1. The smallest absolute Gasteiger partial charge is 0.191 e. The Balaban J connectivity index is 1.99. The summed E-state index contributed by atoms with van der Waals surface area (Å²) in [7, 11) is 4.09. The normalized spacial score (nSPS) is 12.8. The molecule has 0 spiro atoms. The van der Waals surface area contributed by atoms with Gasteiger partial charge in [-0.15, -0.1) is 0 Å². The maximum atomic E-state index is 4.75. The monoisotopic (exact) mass is 356 g/mol. The van der Waals surface area contributed by atoms with E-state index in [0.717, 1.165) is 24.7 Å². The van der Waals surface area contributed by atoms with Gasteiger partial charge in [-0.3, -0.25) is 4.68 Å². The van der Waals surface area contributed by atoms with Crippen LogP contribution in [0.15, 0.2) is 35.3 Å². The van der Waals surface area contributed by atoms with Crippen molar-refractivity contribution < 1.29 is 0 Å². The highest BCUT2D eigenvalue weighted by atomic mass is 15.3. The van der Waals surface area contributed by atoms with Crippen molar-refractivity contribution in [3.8, 4) is 0 Å². The van der Waals surface area contributed by atoms with Crippen LogP contribution in [-0.4, -0.2) is 41.9 Å². The van der Waals surface area contributed by atoms with E-state index in [0.29, 0.717) is 12.6 Å². The third-order valence-corrected chi connectivity index (χ3v) is 4.79. The molecule has 0 amide bonds. The van der Waals surface area contributed by atoms with Crippen LogP contribution in [0.1, 0.15) is 30.8 Å². The number of nitrogens with one attached hydrogen (secondary N) is 2. The Labute approximate surface area is 157 Å². The second-order valence-electron chi connectivity index (χ2n) is 6.64. The van der Waals surface area contributed by atoms with Crippen LogP contribution >= 0.6 is 0 Å². The second kappa shape index (κ2) is 9.27. The maximum Gasteiger partial charge on any atom is 0.191 e. The van der Waals surface area contributed by atoms with E-state index < -0.39 is 0 Å². The van der Waals surface area contributed by atoms with Crippen LogP contribution in [0, 0.1) is 13.8 Å². The molecule has 0 fully saturated rings. The molecule has 0 radical (unpaired) electrons. The van der Waals surface area contributed by atoms with Crippen molar-refractivity contribution in [2.24, 2.45) is 12.0 Å². The molecule has 6 heteroatoms. The topological polar surface area (TPSA) is 57.5 Å². The number of rotatable bonds is 7. The molecule has 6 nitrogen and oxygen atoms in total. The predicted octanol–water partition coefficient (Wildman–Crippen LogP) is 2.62. The third kappa shape index (κ3) is 5.00. The zero-order chi connectivity index (χ0) is 19.1. The Bertz CT molecular complexity index is 719. The number of likely N-dealkylation sites (N-methyl/N-ethyl adjacent to an activating group) is 1. The third-order valence-electron chi connectivity index (χ3n) is 4.79. The van der Waals surface area contributed by atoms with Crippen molar-refractivity contribution >= 4 is 11.6 Å². The van der Waals surface area contributed by atoms with Gasteiger partial charge in [-0.25, -0.2) is 4.99 Å². The zero-order valence-corrected chi connectivity index (χ0v) is 16.9. The van der Waals surface area contributed by atoms with Crippen LogP contribution in [0.3, 0.4) is 0 Å². The van der Waals surface area contributed by atoms with Gasteiger partial charge in [0.15, 0.2) is 5.96 Å². The van der Waals surface area contributed by atoms with Gasteiger partial charge < -0.3 is 15.5 Å². The molecule has 0 aliphatic rings. The lowest BCUT2D eigenvalue weighted by molar-refractivity contribution is 0.648. The van der Waals surface area contributed by atoms with E-state index in [2.05, 4.69) is 72.7 Å². The number of aliphatic imine (C=N–C) groups is 1. The summed E-state index contributed by atoms with van der Waals surface area (Å²) in [6, 6.07) is 10.8. The van der Waals surface area contributed by atoms with Gasteiger partial charge in [0.25, 0.3) is 0 Å². The minimum Gasteiger partial charge on any atom is -0.370 e. The molecule has 0 bridgehead atoms. The lowest BCUT2D eigenvalue weighted by Gasteiger charge is -2.27. The molecular weight excluding hydrogens is 324 g/mol. The number of nitrogens with zero attached hydrogens (tertiary/aromatic N) is 4. The highest BCUT2D eigenvalue weighted by Crippen LogP contribution is 2.14. The molecule has 142 valence electrons. The van der Waals surface area contributed by atoms with Gasteiger partial charge in [0.1, 0.15) is 0 Å². The van der Waals surface area contributed by atoms with Crippen LogP contribution in [0.5, 0.6) is 0 Å². The summed E-state index contributed by atoms with van der Waals surface area (Å²) < 4.78 is 1.91. The molecule has 0 aliphatic carbocycles. The van der Waals surface area contributed by atoms with Crippen LogP contribution < -0.4 is 15.5 Å². The quantitative estimate of drug-likeness (QED) is 0.591. The summed E-state index contributed by atoms with van der Waals surface area (Å²) in [6.07, 6.45) is 0. The maximum absolute atomic E-state index is 4.75. The van der Waals surface area contributed by atoms with Crippen LogP contribution in [0.25, 0.3) is 0 Å². The van der Waals surface area contributed by atoms with Crippen molar-refractivity contribution in [3.05, 3.63) is 47.3 Å². The van der Waals surface area contributed by atoms with Gasteiger partial charge in [-0.1, -0.05) is 18.2 Å². The molecule has 1 aromatic carbocycles. The number of anilines is 1. The van der Waals surface area contributed by atoms with Crippen molar-refractivity contribution in [3.63, 3.8) is 0 Å². The summed E-state index contributed by atoms with van der Waals surface area (Å²) in [4.78, 5) is 7.02. The van der Waals surface area contributed by atoms with Crippen molar-refractivity contribution in [1.82, 2.24) is 20.4 Å². The van der Waals surface area contributed by atoms with Crippen molar-refractivity contribution in [2.45, 2.75) is 40.3 Å². The first kappa shape index (κ1) is 19.8. The average molecular weight is 357 g/mol. The number of para-hydroxylation sites is 1. The molecular formula is C20H32N6. The summed E-state index contributed by atoms with van der Waals surface area (Å²) >= 11 is 0. The molecule has 1 aromatic heterocycles. The minimum absolute atomic E-state index is 0.336. The van der Waals surface area contributed by atoms with Crippen LogP contribution in [-0.2, 0) is 13.6 Å². The van der Waals surface area contributed by atoms with Gasteiger partial charge in [0.05, 0.1) is 12.2 Å². The Hall–Kier alpha value is -2.50. The molecule has 2 rings (SSSR count). The predicted molar refractivity (Wildman–Crippen MR) is 110 cm³/mol. The highest BCUT2D eigenvalue weighted by Gasteiger charge is 2.12. The minimum atomic E-state index is 0.336. The largest absolute Gasteiger partial charge is 0.370 e. The average Bonchev–Trinajstić information content (AvgIpc) is 2.89. The zero-order valence-electron chi connectivity index (χ0n) is 16.9. The number of aromatic nitrogens is 2. The fourth-order valence-electron chi connectivity index (χ4n) is 2.85. The van der Waals surface area contributed by atoms with E-state index >= 15 is 0 Å². The number of hydrogen-bond donors (Lipinski definition) is 2. The lowest BCUT2D eigenvalue weighted by atomic mass is 10.2. The molecule has 1 heterocycles. The van der Waals surface area contributed by atoms with E-state index in [1.54, 1.807) is 0 Å². The van der Waals surface area contributed by atoms with Crippen LogP contribution in [0.4, 0.5) is 5.69 Å². The fraction of sp³-hybridized carbons (Fsp3) is 0.500. The SMILES string of the molecule is CCNC(=NCc1c(C)nn(C)c1C)NCC(C)N(C)c1ccccc1. The number of hydrogen-bond acceptors (Lipinski definition) is 3. The Kier molecular flexibility index (Phi) is 7.06. The molecule has 1 atom stereocenters. The molecule has 2 N–H and O–H groups in total. The molecule has 0 saturated heterocycles. The van der Waals surface area contributed by atoms with E-state index in [9.17, 15) is 0 Å². The molecule has 1 unspecified atom stereocenters. The summed E-state index contributed by atoms with van der Waals surface area (Å²) in [5.41, 5.74) is 4.62. The second-order valence-corrected chi connectivity index (χ2v) is 6.64. The molecule has 26 heavy (non-hydrogen) atoms. The summed E-state index contributed by atoms with van der Waals surface area (Å²) in [5.74, 6) is 0.837. The standard InChI is InChI=1S/C20H32N6/c1-7-21-20(23-14-19-16(3)24-26(6)17(19)4)22-13-15(2)25(5)18-11-9-8-10-12-18/h8-12,15H,7,13-14H2,1-6H3,(H2,21,22,23). The van der Waals surface area contributed by atoms with Gasteiger partial charge >= 0.3 is 0 Å². The fourth-order valence-corrected chi connectivity index (χ4v) is 2.85. The highest BCUT2D eigenvalue weighted by molar-refractivity contribution is 5.79. The first-order valence-corrected chi connectivity index (χ1v) is 9.23. The van der Waals surface area contributed by atoms with E-state index in [1.165, 1.54) is 16.9 Å². The van der Waals surface area contributed by atoms with E-state index in [-0.39, 0.29) is 0 Å². The molecule has 2 aromatic rings. The van der Waals surface area contributed by atoms with Crippen molar-refractivity contribution in [1.29, 1.82) is 0 Å². The first-order valence-electron chi connectivity index (χ1n) is 9.23. The number of aryl methyl sites for hydroxylation is 2. The summed E-state index contributed by atoms with van der Waals surface area (Å²) in [6.45, 7) is 10.7. The summed E-state index contributed by atoms with van der Waals surface area (Å²) in [5, 5.41) is 11.2. The molecule has 0 saturated carbocycles. The van der Waals surface area contributed by atoms with Crippen LogP contribution in [0.2, 0.25) is 0 Å². The van der Waals surface area contributed by atoms with Crippen molar-refractivity contribution in [2.75, 3.05) is 25.0 Å². The van der Waals surface area contributed by atoms with E-state index in [1.807, 2.05) is 24.7 Å². The molecule has 0 aliphatic heterocycles. The van der Waals surface area contributed by atoms with Gasteiger partial charge in [0.2, 0.25) is 0 Å². The lowest BCUT2D eigenvalue weighted by Crippen LogP contribution is -2.45. The Morgan fingerprint density at radius 2 is 1.92 bits per heavy atom. The van der Waals surface area contributed by atoms with E-state index in [4.69, 9.17) is 4.99 Å². The number of guanidine groups is 1.